The highest BCUT2D eigenvalue weighted by Gasteiger charge is 2.21. The van der Waals surface area contributed by atoms with Crippen molar-refractivity contribution in [1.29, 1.82) is 0 Å². The predicted octanol–water partition coefficient (Wildman–Crippen LogP) is 4.43. The topological polar surface area (TPSA) is 74.5 Å². The standard InChI is InChI=1S/C18H15BrN2O4/c1-11(24-18(22)14-5-3-4-6-15(14)19)16-20-21-17(25-16)12-7-9-13(23-2)10-8-12/h3-11H,1-2H3/t11-/m1/s1. The van der Waals surface area contributed by atoms with Gasteiger partial charge in [-0.3, -0.25) is 0 Å². The highest BCUT2D eigenvalue weighted by atomic mass is 79.9. The molecule has 2 aromatic carbocycles. The minimum atomic E-state index is -0.667. The molecule has 0 aliphatic carbocycles. The maximum Gasteiger partial charge on any atom is 0.340 e. The first-order chi connectivity index (χ1) is 12.1. The minimum Gasteiger partial charge on any atom is -0.497 e. The Morgan fingerprint density at radius 1 is 1.12 bits per heavy atom. The molecule has 0 bridgehead atoms. The lowest BCUT2D eigenvalue weighted by molar-refractivity contribution is 0.0279. The van der Waals surface area contributed by atoms with Crippen molar-refractivity contribution in [3.05, 3.63) is 64.5 Å². The number of methoxy groups -OCH3 is 1. The number of benzene rings is 2. The molecule has 0 spiro atoms. The highest BCUT2D eigenvalue weighted by Crippen LogP contribution is 2.25. The van der Waals surface area contributed by atoms with E-state index >= 15 is 0 Å². The van der Waals surface area contributed by atoms with Gasteiger partial charge in [0.05, 0.1) is 12.7 Å². The molecule has 1 atom stereocenters. The van der Waals surface area contributed by atoms with E-state index in [1.165, 1.54) is 0 Å². The van der Waals surface area contributed by atoms with Gasteiger partial charge in [0, 0.05) is 10.0 Å². The van der Waals surface area contributed by atoms with Crippen molar-refractivity contribution < 1.29 is 18.7 Å². The average Bonchev–Trinajstić information content (AvgIpc) is 3.12. The van der Waals surface area contributed by atoms with E-state index in [1.807, 2.05) is 18.2 Å². The third-order valence-electron chi connectivity index (χ3n) is 3.50. The number of hydrogen-bond acceptors (Lipinski definition) is 6. The van der Waals surface area contributed by atoms with E-state index < -0.39 is 12.1 Å². The van der Waals surface area contributed by atoms with Crippen LogP contribution in [0.5, 0.6) is 5.75 Å². The molecule has 0 saturated carbocycles. The third-order valence-corrected chi connectivity index (χ3v) is 4.19. The Morgan fingerprint density at radius 3 is 2.52 bits per heavy atom. The van der Waals surface area contributed by atoms with Gasteiger partial charge >= 0.3 is 5.97 Å². The number of ether oxygens (including phenoxy) is 2. The van der Waals surface area contributed by atoms with E-state index in [2.05, 4.69) is 26.1 Å². The van der Waals surface area contributed by atoms with Crippen molar-refractivity contribution in [2.24, 2.45) is 0 Å². The fourth-order valence-corrected chi connectivity index (χ4v) is 2.60. The summed E-state index contributed by atoms with van der Waals surface area (Å²) >= 11 is 3.33. The van der Waals surface area contributed by atoms with Gasteiger partial charge in [0.2, 0.25) is 5.89 Å². The van der Waals surface area contributed by atoms with Gasteiger partial charge < -0.3 is 13.9 Å². The number of carbonyl (C=O) groups is 1. The zero-order chi connectivity index (χ0) is 17.8. The van der Waals surface area contributed by atoms with Gasteiger partial charge in [-0.05, 0) is 59.3 Å². The van der Waals surface area contributed by atoms with Crippen molar-refractivity contribution in [1.82, 2.24) is 10.2 Å². The lowest BCUT2D eigenvalue weighted by atomic mass is 10.2. The maximum absolute atomic E-state index is 12.2. The first-order valence-corrected chi connectivity index (χ1v) is 8.31. The molecule has 0 fully saturated rings. The summed E-state index contributed by atoms with van der Waals surface area (Å²) in [5.41, 5.74) is 1.19. The van der Waals surface area contributed by atoms with Crippen LogP contribution in [0.2, 0.25) is 0 Å². The van der Waals surface area contributed by atoms with Crippen LogP contribution in [0.3, 0.4) is 0 Å². The van der Waals surface area contributed by atoms with Crippen LogP contribution in [-0.2, 0) is 4.74 Å². The zero-order valence-electron chi connectivity index (χ0n) is 13.6. The van der Waals surface area contributed by atoms with E-state index in [1.54, 1.807) is 44.4 Å². The van der Waals surface area contributed by atoms with Crippen LogP contribution in [0.25, 0.3) is 11.5 Å². The number of nitrogens with zero attached hydrogens (tertiary/aromatic N) is 2. The lowest BCUT2D eigenvalue weighted by Crippen LogP contribution is -2.10. The smallest absolute Gasteiger partial charge is 0.340 e. The largest absolute Gasteiger partial charge is 0.497 e. The zero-order valence-corrected chi connectivity index (χ0v) is 15.2. The Hall–Kier alpha value is -2.67. The quantitative estimate of drug-likeness (QED) is 0.587. The molecule has 25 heavy (non-hydrogen) atoms. The molecule has 0 saturated heterocycles. The van der Waals surface area contributed by atoms with Crippen LogP contribution in [0.15, 0.2) is 57.4 Å². The van der Waals surface area contributed by atoms with Crippen molar-refractivity contribution in [3.8, 4) is 17.2 Å². The molecule has 7 heteroatoms. The Labute approximate surface area is 152 Å². The minimum absolute atomic E-state index is 0.228. The number of carbonyl (C=O) groups excluding carboxylic acids is 1. The summed E-state index contributed by atoms with van der Waals surface area (Å²) in [6, 6.07) is 14.3. The maximum atomic E-state index is 12.2. The summed E-state index contributed by atoms with van der Waals surface area (Å²) in [5.74, 6) is 0.844. The van der Waals surface area contributed by atoms with Crippen LogP contribution in [-0.4, -0.2) is 23.3 Å². The Bertz CT molecular complexity index is 877. The molecule has 0 aliphatic heterocycles. The van der Waals surface area contributed by atoms with E-state index in [0.717, 1.165) is 11.3 Å². The van der Waals surface area contributed by atoms with Crippen LogP contribution in [0.1, 0.15) is 29.3 Å². The monoisotopic (exact) mass is 402 g/mol. The number of halogens is 1. The van der Waals surface area contributed by atoms with Crippen molar-refractivity contribution in [2.75, 3.05) is 7.11 Å². The summed E-state index contributed by atoms with van der Waals surface area (Å²) in [4.78, 5) is 12.2. The summed E-state index contributed by atoms with van der Waals surface area (Å²) in [6.45, 7) is 1.68. The first kappa shape index (κ1) is 17.2. The van der Waals surface area contributed by atoms with Crippen molar-refractivity contribution in [3.63, 3.8) is 0 Å². The second kappa shape index (κ2) is 7.48. The number of aromatic nitrogens is 2. The van der Waals surface area contributed by atoms with Crippen LogP contribution in [0.4, 0.5) is 0 Å². The molecule has 128 valence electrons. The van der Waals surface area contributed by atoms with Gasteiger partial charge in [-0.25, -0.2) is 4.79 Å². The summed E-state index contributed by atoms with van der Waals surface area (Å²) in [6.07, 6.45) is -0.667. The fourth-order valence-electron chi connectivity index (χ4n) is 2.15. The molecule has 0 radical (unpaired) electrons. The summed E-state index contributed by atoms with van der Waals surface area (Å²) in [7, 11) is 1.60. The molecule has 3 rings (SSSR count). The number of esters is 1. The van der Waals surface area contributed by atoms with Gasteiger partial charge in [0.1, 0.15) is 5.75 Å². The van der Waals surface area contributed by atoms with E-state index in [9.17, 15) is 4.79 Å². The first-order valence-electron chi connectivity index (χ1n) is 7.52. The molecule has 6 nitrogen and oxygen atoms in total. The van der Waals surface area contributed by atoms with E-state index in [-0.39, 0.29) is 5.89 Å². The van der Waals surface area contributed by atoms with E-state index in [4.69, 9.17) is 13.9 Å². The molecular weight excluding hydrogens is 388 g/mol. The van der Waals surface area contributed by atoms with Gasteiger partial charge in [-0.2, -0.15) is 0 Å². The second-order valence-electron chi connectivity index (χ2n) is 5.20. The van der Waals surface area contributed by atoms with Gasteiger partial charge in [0.15, 0.2) is 6.10 Å². The van der Waals surface area contributed by atoms with Gasteiger partial charge in [-0.1, -0.05) is 12.1 Å². The molecular formula is C18H15BrN2O4. The SMILES string of the molecule is COc1ccc(-c2nnc([C@@H](C)OC(=O)c3ccccc3Br)o2)cc1. The van der Waals surface area contributed by atoms with Gasteiger partial charge in [0.25, 0.3) is 5.89 Å². The third kappa shape index (κ3) is 3.88. The fraction of sp³-hybridized carbons (Fsp3) is 0.167. The molecule has 0 unspecified atom stereocenters. The Balaban J connectivity index is 1.73. The summed E-state index contributed by atoms with van der Waals surface area (Å²) < 4.78 is 16.8. The molecule has 0 N–H and O–H groups in total. The second-order valence-corrected chi connectivity index (χ2v) is 6.06. The Morgan fingerprint density at radius 2 is 1.84 bits per heavy atom. The highest BCUT2D eigenvalue weighted by molar-refractivity contribution is 9.10. The van der Waals surface area contributed by atoms with Crippen LogP contribution in [0, 0.1) is 0 Å². The number of rotatable bonds is 5. The predicted molar refractivity (Wildman–Crippen MR) is 94.3 cm³/mol. The Kier molecular flexibility index (Phi) is 5.14. The summed E-state index contributed by atoms with van der Waals surface area (Å²) in [5, 5.41) is 7.97. The average molecular weight is 403 g/mol. The van der Waals surface area contributed by atoms with Crippen LogP contribution >= 0.6 is 15.9 Å². The van der Waals surface area contributed by atoms with Gasteiger partial charge in [-0.15, -0.1) is 10.2 Å². The van der Waals surface area contributed by atoms with E-state index in [0.29, 0.717) is 15.9 Å². The molecule has 1 heterocycles. The van der Waals surface area contributed by atoms with Crippen molar-refractivity contribution in [2.45, 2.75) is 13.0 Å². The van der Waals surface area contributed by atoms with Crippen molar-refractivity contribution >= 4 is 21.9 Å². The lowest BCUT2D eigenvalue weighted by Gasteiger charge is -2.10. The normalized spacial score (nSPS) is 11.8. The molecule has 0 amide bonds. The number of hydrogen-bond donors (Lipinski definition) is 0. The van der Waals surface area contributed by atoms with Crippen LogP contribution < -0.4 is 4.74 Å². The molecule has 3 aromatic rings. The molecule has 0 aliphatic rings. The molecule has 1 aromatic heterocycles.